The Hall–Kier alpha value is -1.65. The summed E-state index contributed by atoms with van der Waals surface area (Å²) in [6.45, 7) is 4.39. The third kappa shape index (κ3) is 2.61. The van der Waals surface area contributed by atoms with Gasteiger partial charge in [0.15, 0.2) is 0 Å². The van der Waals surface area contributed by atoms with E-state index in [9.17, 15) is 0 Å². The first kappa shape index (κ1) is 13.0. The predicted molar refractivity (Wildman–Crippen MR) is 80.6 cm³/mol. The fourth-order valence-corrected chi connectivity index (χ4v) is 3.87. The molecular formula is C17H21N3O. The molecule has 0 aliphatic carbocycles. The minimum Gasteiger partial charge on any atom is -0.472 e. The Bertz CT molecular complexity index is 569. The molecule has 4 heterocycles. The van der Waals surface area contributed by atoms with E-state index in [1.165, 1.54) is 37.2 Å². The molecule has 110 valence electrons. The molecule has 0 saturated carbocycles. The van der Waals surface area contributed by atoms with Crippen LogP contribution in [0.1, 0.15) is 24.1 Å². The van der Waals surface area contributed by atoms with Gasteiger partial charge in [0.1, 0.15) is 0 Å². The van der Waals surface area contributed by atoms with Crippen LogP contribution < -0.4 is 0 Å². The Labute approximate surface area is 125 Å². The number of nitrogens with zero attached hydrogens (tertiary/aromatic N) is 3. The molecule has 2 aromatic heterocycles. The van der Waals surface area contributed by atoms with Gasteiger partial charge in [-0.2, -0.15) is 0 Å². The second kappa shape index (κ2) is 5.62. The van der Waals surface area contributed by atoms with Crippen LogP contribution in [0.3, 0.4) is 0 Å². The molecule has 2 aliphatic heterocycles. The SMILES string of the molecule is c1ccc(CN2CC[C@@H]3[C@@H]2CCN3Cc2ccoc2)nc1. The molecule has 0 amide bonds. The Morgan fingerprint density at radius 1 is 1.05 bits per heavy atom. The van der Waals surface area contributed by atoms with Gasteiger partial charge in [-0.3, -0.25) is 14.8 Å². The zero-order chi connectivity index (χ0) is 14.1. The summed E-state index contributed by atoms with van der Waals surface area (Å²) in [7, 11) is 0. The maximum atomic E-state index is 5.19. The van der Waals surface area contributed by atoms with Crippen molar-refractivity contribution in [2.24, 2.45) is 0 Å². The van der Waals surface area contributed by atoms with Gasteiger partial charge < -0.3 is 4.42 Å². The van der Waals surface area contributed by atoms with Crippen LogP contribution in [0.25, 0.3) is 0 Å². The summed E-state index contributed by atoms with van der Waals surface area (Å²) in [6, 6.07) is 9.66. The maximum absolute atomic E-state index is 5.19. The van der Waals surface area contributed by atoms with Crippen molar-refractivity contribution in [3.63, 3.8) is 0 Å². The van der Waals surface area contributed by atoms with Gasteiger partial charge in [-0.15, -0.1) is 0 Å². The summed E-state index contributed by atoms with van der Waals surface area (Å²) in [4.78, 5) is 9.70. The molecule has 4 heteroatoms. The molecule has 2 aromatic rings. The number of furan rings is 1. The van der Waals surface area contributed by atoms with Gasteiger partial charge >= 0.3 is 0 Å². The van der Waals surface area contributed by atoms with Crippen molar-refractivity contribution in [1.82, 2.24) is 14.8 Å². The highest BCUT2D eigenvalue weighted by atomic mass is 16.3. The Morgan fingerprint density at radius 2 is 1.86 bits per heavy atom. The number of fused-ring (bicyclic) bond motifs is 1. The monoisotopic (exact) mass is 283 g/mol. The van der Waals surface area contributed by atoms with Crippen molar-refractivity contribution in [2.45, 2.75) is 38.0 Å². The molecule has 0 aromatic carbocycles. The van der Waals surface area contributed by atoms with E-state index >= 15 is 0 Å². The average Bonchev–Trinajstić information content (AvgIpc) is 3.21. The fraction of sp³-hybridized carbons (Fsp3) is 0.471. The fourth-order valence-electron chi connectivity index (χ4n) is 3.87. The van der Waals surface area contributed by atoms with E-state index in [1.54, 1.807) is 6.26 Å². The lowest BCUT2D eigenvalue weighted by Crippen LogP contribution is -2.36. The van der Waals surface area contributed by atoms with Gasteiger partial charge in [0.25, 0.3) is 0 Å². The molecule has 0 spiro atoms. The van der Waals surface area contributed by atoms with Crippen LogP contribution in [-0.4, -0.2) is 40.0 Å². The minimum atomic E-state index is 0.693. The van der Waals surface area contributed by atoms with Crippen LogP contribution in [-0.2, 0) is 13.1 Å². The summed E-state index contributed by atoms with van der Waals surface area (Å²) in [6.07, 6.45) is 8.08. The number of rotatable bonds is 4. The largest absolute Gasteiger partial charge is 0.472 e. The van der Waals surface area contributed by atoms with Crippen molar-refractivity contribution in [1.29, 1.82) is 0 Å². The van der Waals surface area contributed by atoms with Crippen LogP contribution in [0.2, 0.25) is 0 Å². The molecule has 2 atom stereocenters. The van der Waals surface area contributed by atoms with Crippen LogP contribution in [0.4, 0.5) is 0 Å². The minimum absolute atomic E-state index is 0.693. The van der Waals surface area contributed by atoms with Gasteiger partial charge in [-0.05, 0) is 31.0 Å². The molecule has 0 N–H and O–H groups in total. The molecule has 4 nitrogen and oxygen atoms in total. The van der Waals surface area contributed by atoms with E-state index in [4.69, 9.17) is 4.42 Å². The smallest absolute Gasteiger partial charge is 0.0947 e. The second-order valence-corrected chi connectivity index (χ2v) is 6.11. The van der Waals surface area contributed by atoms with Gasteiger partial charge in [-0.25, -0.2) is 0 Å². The van der Waals surface area contributed by atoms with Crippen LogP contribution in [0.15, 0.2) is 47.4 Å². The number of aromatic nitrogens is 1. The van der Waals surface area contributed by atoms with Gasteiger partial charge in [-0.1, -0.05) is 6.07 Å². The number of hydrogen-bond acceptors (Lipinski definition) is 4. The quantitative estimate of drug-likeness (QED) is 0.863. The average molecular weight is 283 g/mol. The van der Waals surface area contributed by atoms with Crippen molar-refractivity contribution >= 4 is 0 Å². The van der Waals surface area contributed by atoms with Crippen molar-refractivity contribution in [2.75, 3.05) is 13.1 Å². The summed E-state index contributed by atoms with van der Waals surface area (Å²) in [5.41, 5.74) is 2.48. The molecule has 2 aliphatic rings. The summed E-state index contributed by atoms with van der Waals surface area (Å²) in [5.74, 6) is 0. The van der Waals surface area contributed by atoms with E-state index in [2.05, 4.69) is 33.0 Å². The molecule has 21 heavy (non-hydrogen) atoms. The maximum Gasteiger partial charge on any atom is 0.0947 e. The third-order valence-corrected chi connectivity index (χ3v) is 4.86. The molecule has 0 radical (unpaired) electrons. The van der Waals surface area contributed by atoms with E-state index in [0.717, 1.165) is 13.1 Å². The van der Waals surface area contributed by atoms with Crippen LogP contribution in [0.5, 0.6) is 0 Å². The van der Waals surface area contributed by atoms with Gasteiger partial charge in [0.05, 0.1) is 18.2 Å². The van der Waals surface area contributed by atoms with Crippen molar-refractivity contribution in [3.05, 3.63) is 54.2 Å². The van der Waals surface area contributed by atoms with E-state index in [0.29, 0.717) is 12.1 Å². The van der Waals surface area contributed by atoms with Crippen molar-refractivity contribution in [3.8, 4) is 0 Å². The molecule has 0 unspecified atom stereocenters. The van der Waals surface area contributed by atoms with E-state index in [1.807, 2.05) is 18.5 Å². The molecule has 2 saturated heterocycles. The molecule has 2 fully saturated rings. The highest BCUT2D eigenvalue weighted by Gasteiger charge is 2.42. The molecular weight excluding hydrogens is 262 g/mol. The lowest BCUT2D eigenvalue weighted by molar-refractivity contribution is 0.211. The van der Waals surface area contributed by atoms with E-state index in [-0.39, 0.29) is 0 Å². The molecule has 4 rings (SSSR count). The highest BCUT2D eigenvalue weighted by Crippen LogP contribution is 2.33. The first-order chi connectivity index (χ1) is 10.4. The number of pyridine rings is 1. The van der Waals surface area contributed by atoms with Crippen LogP contribution >= 0.6 is 0 Å². The first-order valence-electron chi connectivity index (χ1n) is 7.79. The standard InChI is InChI=1S/C17H21N3O/c1-2-7-18-15(3-1)12-20-9-5-16-17(20)4-8-19(16)11-14-6-10-21-13-14/h1-3,6-7,10,13,16-17H,4-5,8-9,11-12H2/t16-,17+/m1/s1. The normalized spacial score (nSPS) is 26.3. The zero-order valence-corrected chi connectivity index (χ0v) is 12.2. The van der Waals surface area contributed by atoms with E-state index < -0.39 is 0 Å². The Morgan fingerprint density at radius 3 is 2.52 bits per heavy atom. The summed E-state index contributed by atoms with van der Waals surface area (Å²) >= 11 is 0. The van der Waals surface area contributed by atoms with Crippen molar-refractivity contribution < 1.29 is 4.42 Å². The predicted octanol–water partition coefficient (Wildman–Crippen LogP) is 2.52. The summed E-state index contributed by atoms with van der Waals surface area (Å²) < 4.78 is 5.19. The van der Waals surface area contributed by atoms with Crippen LogP contribution in [0, 0.1) is 0 Å². The highest BCUT2D eigenvalue weighted by molar-refractivity contribution is 5.10. The zero-order valence-electron chi connectivity index (χ0n) is 12.2. The summed E-state index contributed by atoms with van der Waals surface area (Å²) in [5, 5.41) is 0. The topological polar surface area (TPSA) is 32.5 Å². The second-order valence-electron chi connectivity index (χ2n) is 6.11. The number of likely N-dealkylation sites (tertiary alicyclic amines) is 2. The lowest BCUT2D eigenvalue weighted by atomic mass is 10.1. The lowest BCUT2D eigenvalue weighted by Gasteiger charge is -2.25. The van der Waals surface area contributed by atoms with Gasteiger partial charge in [0.2, 0.25) is 0 Å². The third-order valence-electron chi connectivity index (χ3n) is 4.86. The Balaban J connectivity index is 1.41. The van der Waals surface area contributed by atoms with Gasteiger partial charge in [0, 0.05) is 50.0 Å². The number of hydrogen-bond donors (Lipinski definition) is 0. The first-order valence-corrected chi connectivity index (χ1v) is 7.79. The Kier molecular flexibility index (Phi) is 3.49. The molecule has 0 bridgehead atoms.